The summed E-state index contributed by atoms with van der Waals surface area (Å²) in [5.41, 5.74) is 2.13. The molecule has 1 fully saturated rings. The first-order chi connectivity index (χ1) is 9.15. The van der Waals surface area contributed by atoms with E-state index in [1.54, 1.807) is 11.8 Å². The van der Waals surface area contributed by atoms with Gasteiger partial charge in [0.1, 0.15) is 0 Å². The third-order valence-electron chi connectivity index (χ3n) is 3.39. The molecule has 1 heterocycles. The summed E-state index contributed by atoms with van der Waals surface area (Å²) in [6.45, 7) is 0. The lowest BCUT2D eigenvalue weighted by atomic mass is 9.95. The topological polar surface area (TPSA) is 63.0 Å². The van der Waals surface area contributed by atoms with Gasteiger partial charge >= 0.3 is 0 Å². The van der Waals surface area contributed by atoms with Crippen molar-refractivity contribution < 1.29 is 8.78 Å². The fraction of sp³-hybridized carbons (Fsp3) is 0.583. The Balaban J connectivity index is 2.17. The van der Waals surface area contributed by atoms with Crippen molar-refractivity contribution in [2.75, 3.05) is 17.0 Å². The largest absolute Gasteiger partial charge is 0.364 e. The summed E-state index contributed by atoms with van der Waals surface area (Å²) in [6, 6.07) is 0.948. The SMILES string of the molecule is CSC1CCCCC1Nc1nc(NN)c(F)cc1F. The maximum atomic E-state index is 13.7. The van der Waals surface area contributed by atoms with E-state index in [4.69, 9.17) is 5.84 Å². The number of rotatable bonds is 4. The fourth-order valence-corrected chi connectivity index (χ4v) is 3.32. The van der Waals surface area contributed by atoms with E-state index >= 15 is 0 Å². The lowest BCUT2D eigenvalue weighted by Crippen LogP contribution is -2.35. The van der Waals surface area contributed by atoms with E-state index in [9.17, 15) is 8.78 Å². The minimum Gasteiger partial charge on any atom is -0.364 e. The summed E-state index contributed by atoms with van der Waals surface area (Å²) in [4.78, 5) is 3.85. The number of halogens is 2. The fourth-order valence-electron chi connectivity index (χ4n) is 2.39. The number of nitrogens with two attached hydrogens (primary N) is 1. The van der Waals surface area contributed by atoms with Gasteiger partial charge in [-0.3, -0.25) is 0 Å². The summed E-state index contributed by atoms with van der Waals surface area (Å²) in [6.07, 6.45) is 6.42. The zero-order valence-electron chi connectivity index (χ0n) is 10.7. The molecule has 2 rings (SSSR count). The third-order valence-corrected chi connectivity index (χ3v) is 4.56. The van der Waals surface area contributed by atoms with Crippen molar-refractivity contribution in [2.45, 2.75) is 37.0 Å². The first kappa shape index (κ1) is 14.3. The number of nitrogens with one attached hydrogen (secondary N) is 2. The van der Waals surface area contributed by atoms with Crippen molar-refractivity contribution in [3.8, 4) is 0 Å². The van der Waals surface area contributed by atoms with Crippen LogP contribution in [0.3, 0.4) is 0 Å². The molecule has 4 nitrogen and oxygen atoms in total. The minimum absolute atomic E-state index is 0.0558. The van der Waals surface area contributed by atoms with E-state index in [1.807, 2.05) is 6.26 Å². The van der Waals surface area contributed by atoms with E-state index < -0.39 is 11.6 Å². The molecule has 0 spiro atoms. The Morgan fingerprint density at radius 2 is 1.95 bits per heavy atom. The zero-order valence-corrected chi connectivity index (χ0v) is 11.6. The van der Waals surface area contributed by atoms with Crippen LogP contribution in [-0.2, 0) is 0 Å². The maximum Gasteiger partial charge on any atom is 0.178 e. The monoisotopic (exact) mass is 288 g/mol. The average molecular weight is 288 g/mol. The van der Waals surface area contributed by atoms with Gasteiger partial charge in [0, 0.05) is 17.4 Å². The van der Waals surface area contributed by atoms with Crippen molar-refractivity contribution in [2.24, 2.45) is 5.84 Å². The van der Waals surface area contributed by atoms with Gasteiger partial charge in [-0.25, -0.2) is 19.6 Å². The van der Waals surface area contributed by atoms with Gasteiger partial charge in [-0.05, 0) is 19.1 Å². The van der Waals surface area contributed by atoms with Gasteiger partial charge < -0.3 is 10.7 Å². The Morgan fingerprint density at radius 3 is 2.63 bits per heavy atom. The summed E-state index contributed by atoms with van der Waals surface area (Å²) in [5.74, 6) is 3.56. The van der Waals surface area contributed by atoms with Crippen molar-refractivity contribution in [1.82, 2.24) is 4.98 Å². The molecule has 2 unspecified atom stereocenters. The second-order valence-corrected chi connectivity index (χ2v) is 5.68. The minimum atomic E-state index is -0.796. The van der Waals surface area contributed by atoms with Gasteiger partial charge in [0.2, 0.25) is 0 Å². The third kappa shape index (κ3) is 3.27. The number of hydrazine groups is 1. The Hall–Kier alpha value is -1.08. The highest BCUT2D eigenvalue weighted by atomic mass is 32.2. The quantitative estimate of drug-likeness (QED) is 0.587. The highest BCUT2D eigenvalue weighted by molar-refractivity contribution is 7.99. The molecule has 0 aromatic carbocycles. The Labute approximate surface area is 115 Å². The van der Waals surface area contributed by atoms with E-state index in [-0.39, 0.29) is 17.7 Å². The summed E-state index contributed by atoms with van der Waals surface area (Å²) < 4.78 is 27.0. The molecular formula is C12H18F2N4S. The molecule has 1 aliphatic carbocycles. The van der Waals surface area contributed by atoms with Gasteiger partial charge in [0.25, 0.3) is 0 Å². The van der Waals surface area contributed by atoms with E-state index in [0.29, 0.717) is 5.25 Å². The van der Waals surface area contributed by atoms with Crippen LogP contribution >= 0.6 is 11.8 Å². The number of nitrogen functional groups attached to an aromatic ring is 1. The standard InChI is InChI=1S/C12H18F2N4S/c1-19-10-5-3-2-4-9(10)16-11-7(13)6-8(14)12(17-11)18-15/h6,9-10H,2-5,15H2,1H3,(H2,16,17,18). The van der Waals surface area contributed by atoms with Gasteiger partial charge in [0.05, 0.1) is 0 Å². The van der Waals surface area contributed by atoms with Crippen LogP contribution in [-0.4, -0.2) is 22.5 Å². The lowest BCUT2D eigenvalue weighted by Gasteiger charge is -2.31. The van der Waals surface area contributed by atoms with E-state index in [1.165, 1.54) is 6.42 Å². The number of pyridine rings is 1. The highest BCUT2D eigenvalue weighted by Gasteiger charge is 2.25. The molecule has 19 heavy (non-hydrogen) atoms. The predicted octanol–water partition coefficient (Wildman–Crippen LogP) is 2.73. The van der Waals surface area contributed by atoms with Crippen molar-refractivity contribution in [3.05, 3.63) is 17.7 Å². The average Bonchev–Trinajstić information content (AvgIpc) is 2.42. The van der Waals surface area contributed by atoms with Gasteiger partial charge in [0.15, 0.2) is 23.3 Å². The van der Waals surface area contributed by atoms with Crippen LogP contribution in [0.4, 0.5) is 20.4 Å². The van der Waals surface area contributed by atoms with Gasteiger partial charge in [-0.15, -0.1) is 0 Å². The molecule has 0 saturated heterocycles. The smallest absolute Gasteiger partial charge is 0.178 e. The molecule has 1 aromatic heterocycles. The first-order valence-electron chi connectivity index (χ1n) is 6.27. The number of hydrogen-bond acceptors (Lipinski definition) is 5. The number of thioether (sulfide) groups is 1. The zero-order chi connectivity index (χ0) is 13.8. The molecule has 1 saturated carbocycles. The molecule has 0 aliphatic heterocycles. The van der Waals surface area contributed by atoms with Crippen LogP contribution in [0.5, 0.6) is 0 Å². The second kappa shape index (κ2) is 6.38. The predicted molar refractivity (Wildman–Crippen MR) is 75.1 cm³/mol. The van der Waals surface area contributed by atoms with Crippen LogP contribution in [0.2, 0.25) is 0 Å². The number of nitrogens with zero attached hydrogens (tertiary/aromatic N) is 1. The second-order valence-electron chi connectivity index (χ2n) is 4.60. The molecule has 106 valence electrons. The van der Waals surface area contributed by atoms with Crippen molar-refractivity contribution in [3.63, 3.8) is 0 Å². The summed E-state index contributed by atoms with van der Waals surface area (Å²) >= 11 is 1.76. The molecule has 0 radical (unpaired) electrons. The Morgan fingerprint density at radius 1 is 1.26 bits per heavy atom. The maximum absolute atomic E-state index is 13.7. The van der Waals surface area contributed by atoms with Crippen LogP contribution in [0.25, 0.3) is 0 Å². The molecule has 0 amide bonds. The molecule has 1 aliphatic rings. The van der Waals surface area contributed by atoms with E-state index in [0.717, 1.165) is 25.3 Å². The normalized spacial score (nSPS) is 23.2. The molecule has 0 bridgehead atoms. The molecule has 1 aromatic rings. The van der Waals surface area contributed by atoms with Crippen LogP contribution < -0.4 is 16.6 Å². The van der Waals surface area contributed by atoms with Crippen molar-refractivity contribution >= 4 is 23.4 Å². The molecule has 7 heteroatoms. The Bertz CT molecular complexity index is 444. The highest BCUT2D eigenvalue weighted by Crippen LogP contribution is 2.30. The molecule has 4 N–H and O–H groups in total. The molecule has 2 atom stereocenters. The van der Waals surface area contributed by atoms with Crippen LogP contribution in [0, 0.1) is 11.6 Å². The van der Waals surface area contributed by atoms with Gasteiger partial charge in [-0.2, -0.15) is 11.8 Å². The van der Waals surface area contributed by atoms with Crippen LogP contribution in [0.15, 0.2) is 6.07 Å². The lowest BCUT2D eigenvalue weighted by molar-refractivity contribution is 0.471. The summed E-state index contributed by atoms with van der Waals surface area (Å²) in [7, 11) is 0. The van der Waals surface area contributed by atoms with Crippen LogP contribution in [0.1, 0.15) is 25.7 Å². The van der Waals surface area contributed by atoms with E-state index in [2.05, 4.69) is 15.7 Å². The first-order valence-corrected chi connectivity index (χ1v) is 7.56. The Kier molecular flexibility index (Phi) is 4.81. The van der Waals surface area contributed by atoms with Crippen molar-refractivity contribution in [1.29, 1.82) is 0 Å². The summed E-state index contributed by atoms with van der Waals surface area (Å²) in [5, 5.41) is 3.51. The number of aromatic nitrogens is 1. The number of anilines is 2. The van der Waals surface area contributed by atoms with Gasteiger partial charge in [-0.1, -0.05) is 12.8 Å². The molecular weight excluding hydrogens is 270 g/mol. The number of hydrogen-bond donors (Lipinski definition) is 3.